The molecule has 0 fully saturated rings. The normalized spacial score (nSPS) is 10.2. The fourth-order valence-electron chi connectivity index (χ4n) is 1.68. The third-order valence-corrected chi connectivity index (χ3v) is 2.56. The van der Waals surface area contributed by atoms with Crippen LogP contribution in [0.15, 0.2) is 30.3 Å². The highest BCUT2D eigenvalue weighted by Crippen LogP contribution is 2.12. The first-order valence-corrected chi connectivity index (χ1v) is 5.84. The lowest BCUT2D eigenvalue weighted by Gasteiger charge is -2.17. The Kier molecular flexibility index (Phi) is 3.72. The Morgan fingerprint density at radius 1 is 1.11 bits per heavy atom. The second kappa shape index (κ2) is 5.44. The number of nitrogens with zero attached hydrogens (tertiary/aromatic N) is 4. The van der Waals surface area contributed by atoms with E-state index in [1.165, 1.54) is 5.56 Å². The molecule has 0 spiro atoms. The van der Waals surface area contributed by atoms with Gasteiger partial charge in [0.1, 0.15) is 5.82 Å². The van der Waals surface area contributed by atoms with Gasteiger partial charge in [0, 0.05) is 20.6 Å². The van der Waals surface area contributed by atoms with E-state index in [1.54, 1.807) is 7.05 Å². The largest absolute Gasteiger partial charge is 0.357 e. The lowest BCUT2D eigenvalue weighted by atomic mass is 10.2. The molecular formula is C13H17N5. The summed E-state index contributed by atoms with van der Waals surface area (Å²) in [6, 6.07) is 10.2. The lowest BCUT2D eigenvalue weighted by Crippen LogP contribution is -2.20. The second-order valence-corrected chi connectivity index (χ2v) is 4.10. The van der Waals surface area contributed by atoms with E-state index < -0.39 is 0 Å². The van der Waals surface area contributed by atoms with Crippen molar-refractivity contribution < 1.29 is 0 Å². The molecule has 2 aromatic rings. The van der Waals surface area contributed by atoms with E-state index in [-0.39, 0.29) is 0 Å². The first kappa shape index (κ1) is 12.3. The first-order valence-electron chi connectivity index (χ1n) is 5.84. The summed E-state index contributed by atoms with van der Waals surface area (Å²) in [7, 11) is 3.77. The van der Waals surface area contributed by atoms with E-state index in [4.69, 9.17) is 0 Å². The number of benzene rings is 1. The van der Waals surface area contributed by atoms with Crippen LogP contribution in [-0.2, 0) is 6.54 Å². The zero-order valence-corrected chi connectivity index (χ0v) is 10.9. The van der Waals surface area contributed by atoms with Gasteiger partial charge in [-0.2, -0.15) is 15.0 Å². The maximum Gasteiger partial charge on any atom is 0.230 e. The third kappa shape index (κ3) is 2.94. The Hall–Kier alpha value is -2.17. The lowest BCUT2D eigenvalue weighted by molar-refractivity contribution is 0.840. The van der Waals surface area contributed by atoms with Gasteiger partial charge in [0.2, 0.25) is 11.9 Å². The molecule has 0 aliphatic rings. The number of hydrogen-bond donors (Lipinski definition) is 1. The Balaban J connectivity index is 2.18. The monoisotopic (exact) mass is 243 g/mol. The Bertz CT molecular complexity index is 512. The number of hydrogen-bond acceptors (Lipinski definition) is 5. The van der Waals surface area contributed by atoms with Gasteiger partial charge in [-0.05, 0) is 12.5 Å². The van der Waals surface area contributed by atoms with E-state index in [9.17, 15) is 0 Å². The van der Waals surface area contributed by atoms with Crippen molar-refractivity contribution in [3.8, 4) is 0 Å². The van der Waals surface area contributed by atoms with Gasteiger partial charge in [0.05, 0.1) is 0 Å². The Morgan fingerprint density at radius 2 is 1.83 bits per heavy atom. The van der Waals surface area contributed by atoms with E-state index in [1.807, 2.05) is 37.1 Å². The molecular weight excluding hydrogens is 226 g/mol. The molecule has 0 atom stereocenters. The molecule has 0 aliphatic heterocycles. The fraction of sp³-hybridized carbons (Fsp3) is 0.308. The molecule has 1 heterocycles. The summed E-state index contributed by atoms with van der Waals surface area (Å²) in [5.41, 5.74) is 1.23. The van der Waals surface area contributed by atoms with Crippen molar-refractivity contribution in [3.05, 3.63) is 41.7 Å². The molecule has 2 rings (SSSR count). The quantitative estimate of drug-likeness (QED) is 0.888. The van der Waals surface area contributed by atoms with E-state index in [2.05, 4.69) is 32.4 Å². The molecule has 0 saturated heterocycles. The van der Waals surface area contributed by atoms with Crippen LogP contribution in [-0.4, -0.2) is 29.0 Å². The van der Waals surface area contributed by atoms with Gasteiger partial charge in [0.25, 0.3) is 0 Å². The van der Waals surface area contributed by atoms with E-state index in [0.29, 0.717) is 17.7 Å². The van der Waals surface area contributed by atoms with Crippen LogP contribution in [0.5, 0.6) is 0 Å². The van der Waals surface area contributed by atoms with Gasteiger partial charge in [-0.15, -0.1) is 0 Å². The van der Waals surface area contributed by atoms with Crippen LogP contribution >= 0.6 is 0 Å². The molecule has 1 aromatic carbocycles. The first-order chi connectivity index (χ1) is 8.69. The predicted octanol–water partition coefficient (Wildman–Crippen LogP) is 1.86. The average molecular weight is 243 g/mol. The van der Waals surface area contributed by atoms with Crippen molar-refractivity contribution in [2.24, 2.45) is 0 Å². The van der Waals surface area contributed by atoms with E-state index in [0.717, 1.165) is 6.54 Å². The van der Waals surface area contributed by atoms with Crippen molar-refractivity contribution in [2.45, 2.75) is 13.5 Å². The average Bonchev–Trinajstić information content (AvgIpc) is 2.39. The topological polar surface area (TPSA) is 53.9 Å². The maximum atomic E-state index is 4.34. The highest BCUT2D eigenvalue weighted by molar-refractivity contribution is 5.36. The molecule has 1 N–H and O–H groups in total. The summed E-state index contributed by atoms with van der Waals surface area (Å²) < 4.78 is 0. The number of anilines is 2. The molecule has 5 nitrogen and oxygen atoms in total. The van der Waals surface area contributed by atoms with Crippen molar-refractivity contribution >= 4 is 11.9 Å². The predicted molar refractivity (Wildman–Crippen MR) is 72.7 cm³/mol. The summed E-state index contributed by atoms with van der Waals surface area (Å²) >= 11 is 0. The minimum absolute atomic E-state index is 0.595. The van der Waals surface area contributed by atoms with Crippen LogP contribution in [0.1, 0.15) is 11.4 Å². The highest BCUT2D eigenvalue weighted by atomic mass is 15.3. The second-order valence-electron chi connectivity index (χ2n) is 4.10. The van der Waals surface area contributed by atoms with Crippen LogP contribution in [0.3, 0.4) is 0 Å². The Labute approximate surface area is 107 Å². The van der Waals surface area contributed by atoms with Gasteiger partial charge in [-0.25, -0.2) is 0 Å². The summed E-state index contributed by atoms with van der Waals surface area (Å²) in [5, 5.41) is 2.94. The minimum atomic E-state index is 0.595. The minimum Gasteiger partial charge on any atom is -0.357 e. The fourth-order valence-corrected chi connectivity index (χ4v) is 1.68. The molecule has 0 amide bonds. The van der Waals surface area contributed by atoms with Crippen molar-refractivity contribution in [1.29, 1.82) is 0 Å². The number of aryl methyl sites for hydroxylation is 1. The highest BCUT2D eigenvalue weighted by Gasteiger charge is 2.08. The molecule has 18 heavy (non-hydrogen) atoms. The molecule has 0 radical (unpaired) electrons. The van der Waals surface area contributed by atoms with Crippen molar-refractivity contribution in [1.82, 2.24) is 15.0 Å². The van der Waals surface area contributed by atoms with Crippen molar-refractivity contribution in [3.63, 3.8) is 0 Å². The molecule has 1 aromatic heterocycles. The standard InChI is InChI=1S/C13H17N5/c1-10-15-12(14-2)17-13(16-10)18(3)9-11-7-5-4-6-8-11/h4-8H,9H2,1-3H3,(H,14,15,16,17). The molecule has 0 saturated carbocycles. The van der Waals surface area contributed by atoms with Gasteiger partial charge in [0.15, 0.2) is 0 Å². The molecule has 94 valence electrons. The summed E-state index contributed by atoms with van der Waals surface area (Å²) in [4.78, 5) is 14.9. The van der Waals surface area contributed by atoms with E-state index >= 15 is 0 Å². The smallest absolute Gasteiger partial charge is 0.230 e. The van der Waals surface area contributed by atoms with Crippen LogP contribution in [0, 0.1) is 6.92 Å². The SMILES string of the molecule is CNc1nc(C)nc(N(C)Cc2ccccc2)n1. The number of rotatable bonds is 4. The molecule has 0 bridgehead atoms. The van der Waals surface area contributed by atoms with Gasteiger partial charge in [-0.1, -0.05) is 30.3 Å². The maximum absolute atomic E-state index is 4.34. The summed E-state index contributed by atoms with van der Waals surface area (Å²) in [6.07, 6.45) is 0. The zero-order chi connectivity index (χ0) is 13.0. The van der Waals surface area contributed by atoms with Crippen LogP contribution in [0.4, 0.5) is 11.9 Å². The zero-order valence-electron chi connectivity index (χ0n) is 10.9. The Morgan fingerprint density at radius 3 is 2.50 bits per heavy atom. The van der Waals surface area contributed by atoms with Gasteiger partial charge >= 0.3 is 0 Å². The van der Waals surface area contributed by atoms with Crippen LogP contribution in [0.2, 0.25) is 0 Å². The van der Waals surface area contributed by atoms with Crippen molar-refractivity contribution in [2.75, 3.05) is 24.3 Å². The number of aromatic nitrogens is 3. The number of nitrogens with one attached hydrogen (secondary N) is 1. The van der Waals surface area contributed by atoms with Crippen LogP contribution < -0.4 is 10.2 Å². The summed E-state index contributed by atoms with van der Waals surface area (Å²) in [6.45, 7) is 2.63. The molecule has 0 unspecified atom stereocenters. The molecule has 0 aliphatic carbocycles. The van der Waals surface area contributed by atoms with Crippen LogP contribution in [0.25, 0.3) is 0 Å². The molecule has 5 heteroatoms. The summed E-state index contributed by atoms with van der Waals surface area (Å²) in [5.74, 6) is 1.98. The third-order valence-electron chi connectivity index (χ3n) is 2.56. The van der Waals surface area contributed by atoms with Gasteiger partial charge < -0.3 is 10.2 Å². The van der Waals surface area contributed by atoms with Gasteiger partial charge in [-0.3, -0.25) is 0 Å².